The molecule has 8 heteroatoms. The van der Waals surface area contributed by atoms with E-state index < -0.39 is 24.5 Å². The number of ether oxygens (including phenoxy) is 1. The van der Waals surface area contributed by atoms with E-state index in [9.17, 15) is 9.59 Å². The van der Waals surface area contributed by atoms with E-state index in [4.69, 9.17) is 9.15 Å². The first kappa shape index (κ1) is 19.7. The molecule has 0 aliphatic carbocycles. The molecule has 1 aliphatic rings. The zero-order valence-electron chi connectivity index (χ0n) is 17.3. The molecule has 2 aromatic carbocycles. The fraction of sp³-hybridized carbons (Fsp3) is 0.167. The van der Waals surface area contributed by atoms with Crippen molar-refractivity contribution in [2.75, 3.05) is 6.61 Å². The molecule has 4 aromatic rings. The number of carbonyl (C=O) groups excluding carboxylic acids is 2. The zero-order chi connectivity index (χ0) is 22.1. The molecular weight excluding hydrogens is 408 g/mol. The summed E-state index contributed by atoms with van der Waals surface area (Å²) in [5.74, 6) is -0.497. The summed E-state index contributed by atoms with van der Waals surface area (Å²) in [6.07, 6.45) is 2.06. The summed E-state index contributed by atoms with van der Waals surface area (Å²) in [5.41, 5.74) is 3.70. The van der Waals surface area contributed by atoms with Crippen LogP contribution in [0.3, 0.4) is 0 Å². The third-order valence-corrected chi connectivity index (χ3v) is 5.41. The van der Waals surface area contributed by atoms with Crippen LogP contribution in [0.2, 0.25) is 0 Å². The van der Waals surface area contributed by atoms with Crippen LogP contribution in [0, 0.1) is 6.92 Å². The Hall–Kier alpha value is -4.20. The fourth-order valence-electron chi connectivity index (χ4n) is 3.74. The summed E-state index contributed by atoms with van der Waals surface area (Å²) < 4.78 is 10.8. The third-order valence-electron chi connectivity index (χ3n) is 5.41. The molecule has 0 saturated heterocycles. The first-order chi connectivity index (χ1) is 15.6. The molecule has 0 spiro atoms. The van der Waals surface area contributed by atoms with Gasteiger partial charge in [0, 0.05) is 11.8 Å². The molecule has 1 atom stereocenters. The Kier molecular flexibility index (Phi) is 5.03. The van der Waals surface area contributed by atoms with Crippen molar-refractivity contribution in [3.63, 3.8) is 0 Å². The molecule has 3 heterocycles. The van der Waals surface area contributed by atoms with Crippen molar-refractivity contribution in [3.05, 3.63) is 89.5 Å². The molecule has 8 nitrogen and oxygen atoms in total. The van der Waals surface area contributed by atoms with Gasteiger partial charge in [0.25, 0.3) is 5.91 Å². The van der Waals surface area contributed by atoms with E-state index >= 15 is 0 Å². The molecule has 0 unspecified atom stereocenters. The van der Waals surface area contributed by atoms with E-state index in [2.05, 4.69) is 15.3 Å². The number of carbonyl (C=O) groups is 2. The average Bonchev–Trinajstić information content (AvgIpc) is 3.56. The van der Waals surface area contributed by atoms with Gasteiger partial charge in [-0.25, -0.2) is 9.80 Å². The number of aromatic nitrogens is 2. The van der Waals surface area contributed by atoms with Crippen LogP contribution in [0.1, 0.15) is 39.8 Å². The summed E-state index contributed by atoms with van der Waals surface area (Å²) in [5, 5.41) is 13.3. The molecule has 0 saturated carbocycles. The van der Waals surface area contributed by atoms with E-state index in [0.717, 1.165) is 22.4 Å². The molecule has 0 fully saturated rings. The van der Waals surface area contributed by atoms with Crippen LogP contribution in [-0.4, -0.2) is 39.4 Å². The van der Waals surface area contributed by atoms with Crippen LogP contribution >= 0.6 is 0 Å². The number of aromatic amines is 1. The van der Waals surface area contributed by atoms with Gasteiger partial charge in [0.15, 0.2) is 12.3 Å². The average molecular weight is 428 g/mol. The predicted octanol–water partition coefficient (Wildman–Crippen LogP) is 4.00. The Morgan fingerprint density at radius 3 is 2.72 bits per heavy atom. The zero-order valence-corrected chi connectivity index (χ0v) is 17.3. The van der Waals surface area contributed by atoms with Crippen molar-refractivity contribution >= 4 is 28.5 Å². The number of furan rings is 1. The highest BCUT2D eigenvalue weighted by molar-refractivity contribution is 6.04. The molecule has 1 N–H and O–H groups in total. The molecule has 0 bridgehead atoms. The van der Waals surface area contributed by atoms with E-state index in [1.54, 1.807) is 30.5 Å². The van der Waals surface area contributed by atoms with Crippen molar-refractivity contribution in [3.8, 4) is 0 Å². The normalized spacial score (nSPS) is 15.7. The Labute approximate surface area is 183 Å². The second kappa shape index (κ2) is 8.14. The Morgan fingerprint density at radius 1 is 1.12 bits per heavy atom. The highest BCUT2D eigenvalue weighted by Crippen LogP contribution is 2.33. The van der Waals surface area contributed by atoms with Crippen LogP contribution < -0.4 is 0 Å². The van der Waals surface area contributed by atoms with Gasteiger partial charge in [-0.1, -0.05) is 48.0 Å². The van der Waals surface area contributed by atoms with Crippen LogP contribution in [0.15, 0.2) is 76.4 Å². The number of fused-ring (bicyclic) bond motifs is 1. The van der Waals surface area contributed by atoms with Crippen molar-refractivity contribution < 1.29 is 18.7 Å². The Balaban J connectivity index is 1.35. The maximum absolute atomic E-state index is 13.0. The van der Waals surface area contributed by atoms with E-state index in [1.807, 2.05) is 43.3 Å². The number of H-pyrrole nitrogens is 1. The third kappa shape index (κ3) is 3.66. The molecule has 32 heavy (non-hydrogen) atoms. The van der Waals surface area contributed by atoms with Crippen LogP contribution in [0.4, 0.5) is 0 Å². The van der Waals surface area contributed by atoms with E-state index in [1.165, 1.54) is 5.01 Å². The lowest BCUT2D eigenvalue weighted by Gasteiger charge is -2.19. The van der Waals surface area contributed by atoms with Gasteiger partial charge in [0.1, 0.15) is 11.8 Å². The molecule has 1 amide bonds. The number of para-hydroxylation sites is 1. The van der Waals surface area contributed by atoms with Crippen molar-refractivity contribution in [1.82, 2.24) is 15.2 Å². The van der Waals surface area contributed by atoms with Gasteiger partial charge < -0.3 is 9.15 Å². The number of hydrogen-bond donors (Lipinski definition) is 1. The van der Waals surface area contributed by atoms with Gasteiger partial charge in [-0.3, -0.25) is 9.89 Å². The van der Waals surface area contributed by atoms with Gasteiger partial charge in [-0.2, -0.15) is 10.2 Å². The SMILES string of the molecule is Cc1ccc(C2=NN(C(=O)COC(=O)c3n[nH]c4ccccc34)[C@@H](c3ccco3)C2)cc1. The minimum Gasteiger partial charge on any atom is -0.467 e. The van der Waals surface area contributed by atoms with Gasteiger partial charge in [-0.15, -0.1) is 0 Å². The second-order valence-electron chi connectivity index (χ2n) is 7.58. The number of benzene rings is 2. The summed E-state index contributed by atoms with van der Waals surface area (Å²) in [4.78, 5) is 25.5. The largest absolute Gasteiger partial charge is 0.467 e. The van der Waals surface area contributed by atoms with Crippen molar-refractivity contribution in [2.45, 2.75) is 19.4 Å². The lowest BCUT2D eigenvalue weighted by atomic mass is 10.0. The van der Waals surface area contributed by atoms with Gasteiger partial charge in [0.05, 0.1) is 17.5 Å². The summed E-state index contributed by atoms with van der Waals surface area (Å²) in [6.45, 7) is 1.56. The van der Waals surface area contributed by atoms with Crippen LogP contribution in [-0.2, 0) is 9.53 Å². The summed E-state index contributed by atoms with van der Waals surface area (Å²) in [6, 6.07) is 18.3. The number of aryl methyl sites for hydroxylation is 1. The topological polar surface area (TPSA) is 101 Å². The maximum Gasteiger partial charge on any atom is 0.359 e. The number of nitrogens with zero attached hydrogens (tertiary/aromatic N) is 3. The maximum atomic E-state index is 13.0. The van der Waals surface area contributed by atoms with Gasteiger partial charge in [-0.05, 0) is 30.7 Å². The molecule has 1 aliphatic heterocycles. The van der Waals surface area contributed by atoms with Gasteiger partial charge >= 0.3 is 5.97 Å². The fourth-order valence-corrected chi connectivity index (χ4v) is 3.74. The smallest absolute Gasteiger partial charge is 0.359 e. The highest BCUT2D eigenvalue weighted by atomic mass is 16.5. The summed E-state index contributed by atoms with van der Waals surface area (Å²) in [7, 11) is 0. The number of esters is 1. The number of amides is 1. The number of hydrogen-bond acceptors (Lipinski definition) is 6. The minimum absolute atomic E-state index is 0.140. The standard InChI is InChI=1S/C24H20N4O4/c1-15-8-10-16(11-9-15)19-13-20(21-7-4-12-31-21)28(27-19)22(29)14-32-24(30)23-17-5-2-3-6-18(17)25-26-23/h2-12,20H,13-14H2,1H3,(H,25,26)/t20-/m1/s1. The number of rotatable bonds is 5. The van der Waals surface area contributed by atoms with Crippen molar-refractivity contribution in [2.24, 2.45) is 5.10 Å². The Morgan fingerprint density at radius 2 is 1.94 bits per heavy atom. The minimum atomic E-state index is -0.674. The van der Waals surface area contributed by atoms with Crippen LogP contribution in [0.5, 0.6) is 0 Å². The summed E-state index contributed by atoms with van der Waals surface area (Å²) >= 11 is 0. The van der Waals surface area contributed by atoms with E-state index in [-0.39, 0.29) is 5.69 Å². The molecule has 5 rings (SSSR count). The highest BCUT2D eigenvalue weighted by Gasteiger charge is 2.35. The molecular formula is C24H20N4O4. The number of hydrazone groups is 1. The van der Waals surface area contributed by atoms with Gasteiger partial charge in [0.2, 0.25) is 0 Å². The monoisotopic (exact) mass is 428 g/mol. The van der Waals surface area contributed by atoms with Crippen LogP contribution in [0.25, 0.3) is 10.9 Å². The quantitative estimate of drug-likeness (QED) is 0.484. The predicted molar refractivity (Wildman–Crippen MR) is 117 cm³/mol. The molecule has 2 aromatic heterocycles. The lowest BCUT2D eigenvalue weighted by Crippen LogP contribution is -2.31. The molecule has 160 valence electrons. The molecule has 0 radical (unpaired) electrons. The van der Waals surface area contributed by atoms with Crippen molar-refractivity contribution in [1.29, 1.82) is 0 Å². The Bertz CT molecular complexity index is 1310. The first-order valence-electron chi connectivity index (χ1n) is 10.2. The number of nitrogens with one attached hydrogen (secondary N) is 1. The second-order valence-corrected chi connectivity index (χ2v) is 7.58. The lowest BCUT2D eigenvalue weighted by molar-refractivity contribution is -0.136. The first-order valence-corrected chi connectivity index (χ1v) is 10.2. The van der Waals surface area contributed by atoms with E-state index in [0.29, 0.717) is 17.6 Å².